The predicted octanol–water partition coefficient (Wildman–Crippen LogP) is 1.74. The first kappa shape index (κ1) is 48.3. The molecule has 11 unspecified atom stereocenters. The zero-order chi connectivity index (χ0) is 42.9. The third kappa shape index (κ3) is 11.4. The number of allylic oxidation sites excluding steroid dienone is 1. The van der Waals surface area contributed by atoms with Gasteiger partial charge in [-0.1, -0.05) is 61.0 Å². The van der Waals surface area contributed by atoms with E-state index in [4.69, 9.17) is 0 Å². The number of amides is 6. The number of Topliss-reactive ketones (excluding diaryl/α,β-unsaturated/α-hetero) is 1. The number of aliphatic hydroxyl groups excluding tert-OH is 2. The van der Waals surface area contributed by atoms with Gasteiger partial charge in [-0.25, -0.2) is 0 Å². The number of carbonyl (C=O) groups excluding carboxylic acids is 7. The van der Waals surface area contributed by atoms with Crippen LogP contribution < -0.4 is 10.6 Å². The highest BCUT2D eigenvalue weighted by atomic mass is 16.3. The Labute approximate surface area is 333 Å². The van der Waals surface area contributed by atoms with Gasteiger partial charge in [0.2, 0.25) is 35.4 Å². The minimum atomic E-state index is -1.47. The fourth-order valence-corrected chi connectivity index (χ4v) is 7.38. The number of rotatable bonds is 9. The molecule has 2 fully saturated rings. The van der Waals surface area contributed by atoms with Crippen molar-refractivity contribution in [2.75, 3.05) is 27.7 Å². The Hall–Kier alpha value is -3.85. The van der Waals surface area contributed by atoms with E-state index in [9.17, 15) is 43.8 Å². The van der Waals surface area contributed by atoms with Gasteiger partial charge in [0, 0.05) is 40.0 Å². The Kier molecular flexibility index (Phi) is 18.2. The number of hydrogen-bond donors (Lipinski definition) is 4. The number of carbonyl (C=O) groups is 7. The van der Waals surface area contributed by atoms with Crippen LogP contribution in [0.3, 0.4) is 0 Å². The first-order valence-corrected chi connectivity index (χ1v) is 20.3. The van der Waals surface area contributed by atoms with Gasteiger partial charge >= 0.3 is 0 Å². The Morgan fingerprint density at radius 2 is 1.30 bits per heavy atom. The molecule has 0 bridgehead atoms. The summed E-state index contributed by atoms with van der Waals surface area (Å²) in [6.07, 6.45) is 0.690. The average Bonchev–Trinajstić information content (AvgIpc) is 3.17. The van der Waals surface area contributed by atoms with Gasteiger partial charge < -0.3 is 40.4 Å². The van der Waals surface area contributed by atoms with Crippen molar-refractivity contribution in [3.8, 4) is 0 Å². The molecule has 0 aliphatic carbocycles. The van der Waals surface area contributed by atoms with E-state index in [1.165, 1.54) is 49.7 Å². The van der Waals surface area contributed by atoms with E-state index in [1.54, 1.807) is 33.8 Å². The molecular weight excluding hydrogens is 720 g/mol. The zero-order valence-electron chi connectivity index (χ0n) is 35.8. The van der Waals surface area contributed by atoms with E-state index in [0.717, 1.165) is 4.90 Å². The van der Waals surface area contributed by atoms with Crippen LogP contribution in [0.25, 0.3) is 0 Å². The number of nitrogens with one attached hydrogen (secondary N) is 2. The minimum Gasteiger partial charge on any atom is -0.390 e. The molecule has 2 rings (SSSR count). The standard InChI is InChI=1S/C41H70N6O9/c1-14-24(7)20-29-41(56)45(12)27(10)39(54)47-19-17-16-18-30(47)36(51)43-32(34(49)22(3)4)31(48)21-28(25(8)15-2)40(55)44(11)26(9)38(53)46(13)33(37(52)42-29)35(50)23(5)6/h14,22-30,32-35,49-50H,1,15-21H2,2-13H3,(H,42,52)(H,43,51). The molecule has 0 radical (unpaired) electrons. The first-order chi connectivity index (χ1) is 26.0. The monoisotopic (exact) mass is 791 g/mol. The second kappa shape index (κ2) is 21.1. The molecule has 0 aromatic carbocycles. The SMILES string of the molecule is C=CC(C)CC1NC(=O)C(C(O)C(C)C)N(C)C(=O)C(C)N(C)C(=O)C(C(C)CC)CC(=O)C(C(O)C(C)C)NC(=O)C2CCCCN2C(=O)C(C)N(C)C1=O. The lowest BCUT2D eigenvalue weighted by Crippen LogP contribution is -2.62. The van der Waals surface area contributed by atoms with Crippen molar-refractivity contribution < 1.29 is 43.8 Å². The molecule has 6 amide bonds. The molecular formula is C41H70N6O9. The van der Waals surface area contributed by atoms with E-state index < -0.39 is 107 Å². The number of ketones is 1. The lowest BCUT2D eigenvalue weighted by atomic mass is 9.83. The quantitative estimate of drug-likeness (QED) is 0.252. The fourth-order valence-electron chi connectivity index (χ4n) is 7.38. The predicted molar refractivity (Wildman–Crippen MR) is 212 cm³/mol. The van der Waals surface area contributed by atoms with Crippen LogP contribution in [0.4, 0.5) is 0 Å². The Morgan fingerprint density at radius 1 is 0.750 bits per heavy atom. The van der Waals surface area contributed by atoms with Crippen molar-refractivity contribution in [3.05, 3.63) is 12.7 Å². The Bertz CT molecular complexity index is 1440. The Balaban J connectivity index is 2.83. The van der Waals surface area contributed by atoms with Crippen LogP contribution in [0.15, 0.2) is 12.7 Å². The summed E-state index contributed by atoms with van der Waals surface area (Å²) in [5.74, 6) is -6.83. The largest absolute Gasteiger partial charge is 0.390 e. The molecule has 2 saturated heterocycles. The summed E-state index contributed by atoms with van der Waals surface area (Å²) in [5, 5.41) is 28.2. The molecule has 0 aromatic heterocycles. The number of fused-ring (bicyclic) bond motifs is 1. The molecule has 4 N–H and O–H groups in total. The summed E-state index contributed by atoms with van der Waals surface area (Å²) in [7, 11) is 4.22. The molecule has 2 aliphatic rings. The van der Waals surface area contributed by atoms with Crippen LogP contribution in [-0.2, 0) is 33.6 Å². The maximum atomic E-state index is 14.3. The van der Waals surface area contributed by atoms with Gasteiger partial charge in [0.25, 0.3) is 0 Å². The first-order valence-electron chi connectivity index (χ1n) is 20.3. The highest BCUT2D eigenvalue weighted by Crippen LogP contribution is 2.27. The summed E-state index contributed by atoms with van der Waals surface area (Å²) in [5.41, 5.74) is 0. The second-order valence-electron chi connectivity index (χ2n) is 16.8. The molecule has 15 nitrogen and oxygen atoms in total. The van der Waals surface area contributed by atoms with E-state index >= 15 is 0 Å². The van der Waals surface area contributed by atoms with Gasteiger partial charge in [0.15, 0.2) is 5.78 Å². The maximum Gasteiger partial charge on any atom is 0.246 e. The molecule has 56 heavy (non-hydrogen) atoms. The van der Waals surface area contributed by atoms with Crippen LogP contribution in [0.2, 0.25) is 0 Å². The molecule has 0 spiro atoms. The number of hydrogen-bond acceptors (Lipinski definition) is 9. The van der Waals surface area contributed by atoms with E-state index in [1.807, 2.05) is 20.8 Å². The normalized spacial score (nSPS) is 29.7. The van der Waals surface area contributed by atoms with Gasteiger partial charge in [-0.2, -0.15) is 0 Å². The van der Waals surface area contributed by atoms with Crippen LogP contribution in [0.5, 0.6) is 0 Å². The number of nitrogens with zero attached hydrogens (tertiary/aromatic N) is 4. The van der Waals surface area contributed by atoms with E-state index in [-0.39, 0.29) is 37.6 Å². The second-order valence-corrected chi connectivity index (χ2v) is 16.8. The highest BCUT2D eigenvalue weighted by Gasteiger charge is 2.44. The van der Waals surface area contributed by atoms with Crippen molar-refractivity contribution in [3.63, 3.8) is 0 Å². The molecule has 0 saturated carbocycles. The highest BCUT2D eigenvalue weighted by molar-refractivity contribution is 5.98. The molecule has 0 aromatic rings. The van der Waals surface area contributed by atoms with Crippen LogP contribution in [-0.4, -0.2) is 147 Å². The van der Waals surface area contributed by atoms with Gasteiger partial charge in [-0.15, -0.1) is 6.58 Å². The third-order valence-corrected chi connectivity index (χ3v) is 12.1. The lowest BCUT2D eigenvalue weighted by Gasteiger charge is -2.40. The van der Waals surface area contributed by atoms with Crippen LogP contribution in [0, 0.1) is 29.6 Å². The summed E-state index contributed by atoms with van der Waals surface area (Å²) in [4.78, 5) is 104. The van der Waals surface area contributed by atoms with Gasteiger partial charge in [0.05, 0.1) is 12.2 Å². The third-order valence-electron chi connectivity index (χ3n) is 12.1. The molecule has 15 heteroatoms. The molecule has 2 heterocycles. The van der Waals surface area contributed by atoms with Crippen molar-refractivity contribution in [2.24, 2.45) is 29.6 Å². The topological polar surface area (TPSA) is 197 Å². The van der Waals surface area contributed by atoms with Crippen molar-refractivity contribution in [2.45, 2.75) is 149 Å². The minimum absolute atomic E-state index is 0.0917. The van der Waals surface area contributed by atoms with Gasteiger partial charge in [-0.05, 0) is 63.2 Å². The van der Waals surface area contributed by atoms with Gasteiger partial charge in [-0.3, -0.25) is 33.6 Å². The molecule has 2 aliphatic heterocycles. The number of aliphatic hydroxyl groups is 2. The molecule has 318 valence electrons. The summed E-state index contributed by atoms with van der Waals surface area (Å²) < 4.78 is 0. The van der Waals surface area contributed by atoms with E-state index in [2.05, 4.69) is 17.2 Å². The summed E-state index contributed by atoms with van der Waals surface area (Å²) in [6, 6.07) is -7.29. The van der Waals surface area contributed by atoms with Crippen molar-refractivity contribution >= 4 is 41.2 Å². The Morgan fingerprint density at radius 3 is 1.84 bits per heavy atom. The smallest absolute Gasteiger partial charge is 0.246 e. The van der Waals surface area contributed by atoms with Crippen molar-refractivity contribution in [1.82, 2.24) is 30.2 Å². The van der Waals surface area contributed by atoms with Crippen LogP contribution in [0.1, 0.15) is 101 Å². The summed E-state index contributed by atoms with van der Waals surface area (Å²) in [6.45, 7) is 19.3. The fraction of sp³-hybridized carbons (Fsp3) is 0.780. The number of likely N-dealkylation sites (N-methyl/N-ethyl adjacent to an activating group) is 3. The molecule has 11 atom stereocenters. The van der Waals surface area contributed by atoms with Crippen LogP contribution >= 0.6 is 0 Å². The summed E-state index contributed by atoms with van der Waals surface area (Å²) >= 11 is 0. The van der Waals surface area contributed by atoms with Crippen molar-refractivity contribution in [1.29, 1.82) is 0 Å². The average molecular weight is 791 g/mol. The van der Waals surface area contributed by atoms with Gasteiger partial charge in [0.1, 0.15) is 36.3 Å². The zero-order valence-corrected chi connectivity index (χ0v) is 35.8. The number of piperidine rings is 1. The maximum absolute atomic E-state index is 14.3. The van der Waals surface area contributed by atoms with E-state index in [0.29, 0.717) is 19.3 Å². The lowest BCUT2D eigenvalue weighted by molar-refractivity contribution is -0.153.